The van der Waals surface area contributed by atoms with Crippen LogP contribution in [-0.2, 0) is 31.8 Å². The molecule has 4 amide bonds. The summed E-state index contributed by atoms with van der Waals surface area (Å²) in [4.78, 5) is 56.6. The second-order valence-corrected chi connectivity index (χ2v) is 15.8. The summed E-state index contributed by atoms with van der Waals surface area (Å²) in [6, 6.07) is 11.8. The Bertz CT molecular complexity index is 2270. The summed E-state index contributed by atoms with van der Waals surface area (Å²) >= 11 is 5.61. The van der Waals surface area contributed by atoms with Gasteiger partial charge in [-0.05, 0) is 94.0 Å². The van der Waals surface area contributed by atoms with Gasteiger partial charge in [0.2, 0.25) is 24.1 Å². The van der Waals surface area contributed by atoms with Crippen molar-refractivity contribution in [2.24, 2.45) is 0 Å². The Kier molecular flexibility index (Phi) is 13.3. The number of hydrogen-bond acceptors (Lipinski definition) is 10. The summed E-state index contributed by atoms with van der Waals surface area (Å²) in [7, 11) is 0. The Morgan fingerprint density at radius 1 is 1.05 bits per heavy atom. The van der Waals surface area contributed by atoms with Gasteiger partial charge in [0.05, 0.1) is 29.4 Å². The molecule has 3 fully saturated rings. The summed E-state index contributed by atoms with van der Waals surface area (Å²) in [5.74, 6) is -2.40. The van der Waals surface area contributed by atoms with Crippen molar-refractivity contribution in [2.45, 2.75) is 70.3 Å². The van der Waals surface area contributed by atoms with Gasteiger partial charge in [-0.15, -0.1) is 0 Å². The van der Waals surface area contributed by atoms with Crippen LogP contribution in [0.3, 0.4) is 0 Å². The number of nitrogens with zero attached hydrogens (tertiary/aromatic N) is 5. The van der Waals surface area contributed by atoms with Gasteiger partial charge in [0.15, 0.2) is 5.11 Å². The van der Waals surface area contributed by atoms with Gasteiger partial charge in [-0.2, -0.15) is 18.4 Å². The first-order valence-corrected chi connectivity index (χ1v) is 19.7. The van der Waals surface area contributed by atoms with Crippen molar-refractivity contribution < 1.29 is 50.3 Å². The van der Waals surface area contributed by atoms with E-state index in [-0.39, 0.29) is 83.0 Å². The topological polar surface area (TPSA) is 150 Å². The first-order valence-electron chi connectivity index (χ1n) is 19.3. The minimum absolute atomic E-state index is 0.0178. The molecule has 3 saturated heterocycles. The fraction of sp³-hybridized carbons (Fsp3) is 0.415. The van der Waals surface area contributed by atoms with Gasteiger partial charge >= 0.3 is 6.18 Å². The molecule has 0 spiro atoms. The molecular weight excluding hydrogens is 831 g/mol. The number of rotatable bonds is 13. The number of halogens is 6. The lowest BCUT2D eigenvalue weighted by Gasteiger charge is -2.39. The highest BCUT2D eigenvalue weighted by Gasteiger charge is 2.51. The number of piperazine rings is 1. The highest BCUT2D eigenvalue weighted by Crippen LogP contribution is 2.41. The van der Waals surface area contributed by atoms with E-state index in [0.29, 0.717) is 32.2 Å². The van der Waals surface area contributed by atoms with Crippen LogP contribution in [0.25, 0.3) is 0 Å². The van der Waals surface area contributed by atoms with Crippen LogP contribution >= 0.6 is 12.2 Å². The molecule has 13 nitrogen and oxygen atoms in total. The first-order chi connectivity index (χ1) is 28.7. The number of ether oxygens (including phenoxy) is 1. The molecule has 0 aromatic heterocycles. The van der Waals surface area contributed by atoms with Gasteiger partial charge < -0.3 is 20.3 Å². The standard InChI is InChI=1S/C41H42F6N8O5S/c1-23-21-52(10-11-53(23)22-36(57)50-28-17-26(42)16-27(18-28)49-32-7-9-35(56)51-37(32)58)12-13-60-33-8-6-30(14-25(33)15-34(43)44)55-39(61)54(38(59)40(55,2)3)29-5-4-24(20-48)31(19-29)41(45,46)47/h4-6,8,14,16-19,23,32,34,49H,7,9-13,15,21-22H2,1-3H3,(H,50,57)(H,51,56,58). The number of alkyl halides is 5. The molecule has 3 aromatic carbocycles. The van der Waals surface area contributed by atoms with E-state index in [1.807, 2.05) is 11.8 Å². The molecule has 3 aliphatic rings. The van der Waals surface area contributed by atoms with E-state index < -0.39 is 59.4 Å². The van der Waals surface area contributed by atoms with Gasteiger partial charge in [0.1, 0.15) is 29.8 Å². The second-order valence-electron chi connectivity index (χ2n) is 15.4. The molecule has 2 unspecified atom stereocenters. The Balaban J connectivity index is 1.05. The van der Waals surface area contributed by atoms with Crippen molar-refractivity contribution in [1.82, 2.24) is 15.1 Å². The number of benzene rings is 3. The number of nitrogens with one attached hydrogen (secondary N) is 3. The maximum Gasteiger partial charge on any atom is 0.417 e. The third-order valence-corrected chi connectivity index (χ3v) is 11.0. The molecule has 0 radical (unpaired) electrons. The van der Waals surface area contributed by atoms with Crippen molar-refractivity contribution >= 4 is 63.7 Å². The molecule has 6 rings (SSSR count). The lowest BCUT2D eigenvalue weighted by molar-refractivity contribution is -0.138. The third-order valence-electron chi connectivity index (χ3n) is 10.7. The number of carbonyl (C=O) groups is 4. The summed E-state index contributed by atoms with van der Waals surface area (Å²) in [6.45, 7) is 7.13. The zero-order valence-electron chi connectivity index (χ0n) is 33.2. The smallest absolute Gasteiger partial charge is 0.417 e. The maximum absolute atomic E-state index is 14.4. The Labute approximate surface area is 352 Å². The van der Waals surface area contributed by atoms with Crippen molar-refractivity contribution in [3.05, 3.63) is 77.1 Å². The number of nitriles is 1. The van der Waals surface area contributed by atoms with Gasteiger partial charge in [-0.25, -0.2) is 13.2 Å². The highest BCUT2D eigenvalue weighted by atomic mass is 32.1. The quantitative estimate of drug-likeness (QED) is 0.111. The van der Waals surface area contributed by atoms with Crippen LogP contribution in [0.2, 0.25) is 0 Å². The van der Waals surface area contributed by atoms with Crippen LogP contribution in [0, 0.1) is 17.1 Å². The molecule has 20 heteroatoms. The minimum Gasteiger partial charge on any atom is -0.492 e. The fourth-order valence-electron chi connectivity index (χ4n) is 7.59. The zero-order chi connectivity index (χ0) is 44.4. The molecule has 61 heavy (non-hydrogen) atoms. The van der Waals surface area contributed by atoms with Gasteiger partial charge in [-0.1, -0.05) is 0 Å². The number of piperidine rings is 1. The molecule has 0 saturated carbocycles. The number of carbonyl (C=O) groups excluding carboxylic acids is 4. The molecule has 0 bridgehead atoms. The molecule has 324 valence electrons. The Morgan fingerprint density at radius 2 is 1.77 bits per heavy atom. The van der Waals surface area contributed by atoms with E-state index in [9.17, 15) is 50.8 Å². The average molecular weight is 873 g/mol. The van der Waals surface area contributed by atoms with Crippen LogP contribution in [0.4, 0.5) is 49.1 Å². The largest absolute Gasteiger partial charge is 0.492 e. The van der Waals surface area contributed by atoms with Gasteiger partial charge in [-0.3, -0.25) is 39.2 Å². The van der Waals surface area contributed by atoms with E-state index in [1.165, 1.54) is 61.2 Å². The van der Waals surface area contributed by atoms with E-state index >= 15 is 0 Å². The molecule has 2 atom stereocenters. The van der Waals surface area contributed by atoms with Gasteiger partial charge in [0.25, 0.3) is 5.91 Å². The lowest BCUT2D eigenvalue weighted by atomic mass is 10.0. The average Bonchev–Trinajstić information content (AvgIpc) is 3.35. The second kappa shape index (κ2) is 18.1. The van der Waals surface area contributed by atoms with E-state index in [0.717, 1.165) is 17.0 Å². The van der Waals surface area contributed by atoms with Crippen LogP contribution < -0.4 is 30.5 Å². The number of hydrogen-bond donors (Lipinski definition) is 3. The Hall–Kier alpha value is -5.78. The van der Waals surface area contributed by atoms with Crippen molar-refractivity contribution in [3.8, 4) is 11.8 Å². The van der Waals surface area contributed by atoms with Crippen LogP contribution in [-0.4, -0.2) is 102 Å². The van der Waals surface area contributed by atoms with Crippen molar-refractivity contribution in [1.29, 1.82) is 5.26 Å². The predicted octanol–water partition coefficient (Wildman–Crippen LogP) is 5.68. The summed E-state index contributed by atoms with van der Waals surface area (Å²) in [5, 5.41) is 16.9. The predicted molar refractivity (Wildman–Crippen MR) is 217 cm³/mol. The fourth-order valence-corrected chi connectivity index (χ4v) is 8.11. The first kappa shape index (κ1) is 44.8. The monoisotopic (exact) mass is 872 g/mol. The van der Waals surface area contributed by atoms with Crippen molar-refractivity contribution in [2.75, 3.05) is 59.8 Å². The minimum atomic E-state index is -4.88. The molecule has 0 aliphatic carbocycles. The zero-order valence-corrected chi connectivity index (χ0v) is 34.1. The normalized spacial score (nSPS) is 19.9. The molecule has 3 aliphatic heterocycles. The van der Waals surface area contributed by atoms with Crippen LogP contribution in [0.15, 0.2) is 54.6 Å². The maximum atomic E-state index is 14.4. The Morgan fingerprint density at radius 3 is 2.44 bits per heavy atom. The summed E-state index contributed by atoms with van der Waals surface area (Å²) in [5.41, 5.74) is -2.68. The number of imide groups is 1. The lowest BCUT2D eigenvalue weighted by Crippen LogP contribution is -2.54. The number of thiocarbonyl (C=S) groups is 1. The summed E-state index contributed by atoms with van der Waals surface area (Å²) in [6.07, 6.45) is -7.96. The number of amides is 4. The SMILES string of the molecule is CC1CN(CCOc2ccc(N3C(=S)N(c4ccc(C#N)c(C(F)(F)F)c4)C(=O)C3(C)C)cc2CC(F)F)CCN1CC(=O)Nc1cc(F)cc(NC2CCC(=O)NC2=O)c1. The van der Waals surface area contributed by atoms with E-state index in [1.54, 1.807) is 0 Å². The summed E-state index contributed by atoms with van der Waals surface area (Å²) < 4.78 is 89.5. The molecule has 3 heterocycles. The van der Waals surface area contributed by atoms with Crippen LogP contribution in [0.1, 0.15) is 50.3 Å². The van der Waals surface area contributed by atoms with Crippen LogP contribution in [0.5, 0.6) is 5.75 Å². The van der Waals surface area contributed by atoms with Gasteiger partial charge in [0, 0.05) is 67.7 Å². The van der Waals surface area contributed by atoms with Crippen molar-refractivity contribution in [3.63, 3.8) is 0 Å². The third kappa shape index (κ3) is 10.2. The highest BCUT2D eigenvalue weighted by molar-refractivity contribution is 7.81. The molecule has 3 N–H and O–H groups in total. The number of anilines is 4. The van der Waals surface area contributed by atoms with E-state index in [2.05, 4.69) is 20.9 Å². The molecule has 3 aromatic rings. The van der Waals surface area contributed by atoms with E-state index in [4.69, 9.17) is 17.0 Å². The molecular formula is C41H42F6N8O5S.